The number of carbonyl (C=O) groups is 2. The Hall–Kier alpha value is -2.46. The Labute approximate surface area is 343 Å². The number of fused-ring (bicyclic) bond motifs is 4. The number of benzene rings is 1. The second-order valence-corrected chi connectivity index (χ2v) is 22.6. The highest BCUT2D eigenvalue weighted by Crippen LogP contribution is 2.84. The lowest BCUT2D eigenvalue weighted by Crippen LogP contribution is -2.77. The molecule has 6 saturated carbocycles. The molecule has 314 valence electrons. The van der Waals surface area contributed by atoms with Crippen molar-refractivity contribution in [3.8, 4) is 0 Å². The molecule has 8 nitrogen and oxygen atoms in total. The van der Waals surface area contributed by atoms with Crippen molar-refractivity contribution >= 4 is 24.2 Å². The minimum Gasteiger partial charge on any atom is -0.396 e. The Morgan fingerprint density at radius 3 is 2.40 bits per heavy atom. The highest BCUT2D eigenvalue weighted by atomic mass is 16.3. The zero-order valence-electron chi connectivity index (χ0n) is 35.2. The molecule has 10 rings (SSSR count). The first-order chi connectivity index (χ1) is 27.4. The summed E-state index contributed by atoms with van der Waals surface area (Å²) in [4.78, 5) is 28.7. The second-order valence-electron chi connectivity index (χ2n) is 22.6. The maximum atomic E-state index is 16.0. The van der Waals surface area contributed by atoms with Crippen molar-refractivity contribution in [3.05, 3.63) is 57.5 Å². The van der Waals surface area contributed by atoms with Crippen LogP contribution in [0.4, 0.5) is 0 Å². The van der Waals surface area contributed by atoms with Gasteiger partial charge in [0.05, 0.1) is 37.1 Å². The molecule has 6 fully saturated rings. The number of aliphatic hydroxyl groups excluding tert-OH is 5. The summed E-state index contributed by atoms with van der Waals surface area (Å²) in [6, 6.07) is 3.76. The van der Waals surface area contributed by atoms with E-state index in [1.807, 2.05) is 19.1 Å². The smallest absolute Gasteiger partial charge is 0.159 e. The third-order valence-electron chi connectivity index (χ3n) is 20.3. The molecule has 9 aliphatic carbocycles. The lowest BCUT2D eigenvalue weighted by Gasteiger charge is -2.77. The van der Waals surface area contributed by atoms with Gasteiger partial charge in [-0.1, -0.05) is 64.0 Å². The van der Waals surface area contributed by atoms with Gasteiger partial charge in [-0.2, -0.15) is 0 Å². The van der Waals surface area contributed by atoms with Crippen LogP contribution in [0.25, 0.3) is 12.2 Å². The second kappa shape index (κ2) is 12.3. The third-order valence-corrected chi connectivity index (χ3v) is 20.3. The zero-order valence-corrected chi connectivity index (χ0v) is 35.2. The van der Waals surface area contributed by atoms with Crippen LogP contribution >= 0.6 is 0 Å². The Kier molecular flexibility index (Phi) is 8.44. The third kappa shape index (κ3) is 4.39. The number of carbonyl (C=O) groups excluding carboxylic acids is 2. The molecule has 0 saturated heterocycles. The van der Waals surface area contributed by atoms with E-state index in [9.17, 15) is 35.4 Å². The van der Waals surface area contributed by atoms with Crippen LogP contribution in [0.3, 0.4) is 0 Å². The standard InChI is InChI=1S/C50H66O8/c1-28(54)30-17-31-20-35-29(19-34(31)32(18-30)23-51)8-13-46-14-10-39-45(5,41(57)24-52)40(56)11-16-49(35,39)42(46)38(55)21-36-37-22-43(2,3)25-47-12-6-7-33(47)9-15-48(58,26-44(36,46)4)50(37,47)27-53/h9,15,17-21,23,28-29,33,35,37,39-42,52-54,56-58H,6-8,10-14,16,22,24-27H2,1-5H3. The topological polar surface area (TPSA) is 156 Å². The largest absolute Gasteiger partial charge is 0.396 e. The molecule has 0 amide bonds. The molecule has 16 atom stereocenters. The van der Waals surface area contributed by atoms with Gasteiger partial charge in [0.1, 0.15) is 0 Å². The Bertz CT molecular complexity index is 2150. The summed E-state index contributed by atoms with van der Waals surface area (Å²) in [5.74, 6) is -0.839. The highest BCUT2D eigenvalue weighted by molar-refractivity contribution is 5.96. The molecular weight excluding hydrogens is 729 g/mol. The number of aliphatic hydroxyl groups is 6. The van der Waals surface area contributed by atoms with Crippen molar-refractivity contribution in [1.82, 2.24) is 0 Å². The summed E-state index contributed by atoms with van der Waals surface area (Å²) in [7, 11) is 0. The SMILES string of the molecule is CC(O)c1cc(C=O)c2c(c1)=CC1C(C=2)CCC23CCC4C(C)(C(O)CO)C(O)CCC14C2C(=O)C=C1C2CC(C)(C)CC45CCCC4C=CC(O)(CC13C)C25CO. The molecule has 0 radical (unpaired) electrons. The first-order valence-corrected chi connectivity index (χ1v) is 22.7. The van der Waals surface area contributed by atoms with Crippen LogP contribution in [0.5, 0.6) is 0 Å². The lowest BCUT2D eigenvalue weighted by molar-refractivity contribution is -0.284. The summed E-state index contributed by atoms with van der Waals surface area (Å²) >= 11 is 0. The van der Waals surface area contributed by atoms with Crippen molar-refractivity contribution in [2.45, 2.75) is 136 Å². The van der Waals surface area contributed by atoms with E-state index >= 15 is 4.79 Å². The van der Waals surface area contributed by atoms with Gasteiger partial charge in [-0.25, -0.2) is 0 Å². The van der Waals surface area contributed by atoms with E-state index in [1.165, 1.54) is 0 Å². The molecule has 0 heterocycles. The van der Waals surface area contributed by atoms with Crippen molar-refractivity contribution in [3.63, 3.8) is 0 Å². The monoisotopic (exact) mass is 794 g/mol. The Morgan fingerprint density at radius 1 is 0.931 bits per heavy atom. The van der Waals surface area contributed by atoms with Crippen LogP contribution in [0.15, 0.2) is 35.9 Å². The van der Waals surface area contributed by atoms with Gasteiger partial charge in [0, 0.05) is 22.3 Å². The van der Waals surface area contributed by atoms with E-state index in [4.69, 9.17) is 0 Å². The molecular formula is C50H66O8. The van der Waals surface area contributed by atoms with Crippen LogP contribution in [0, 0.1) is 73.4 Å². The zero-order chi connectivity index (χ0) is 41.2. The minimum atomic E-state index is -1.28. The molecule has 0 aliphatic heterocycles. The maximum Gasteiger partial charge on any atom is 0.159 e. The van der Waals surface area contributed by atoms with Gasteiger partial charge in [-0.3, -0.25) is 9.59 Å². The Balaban J connectivity index is 1.25. The molecule has 2 spiro atoms. The number of rotatable bonds is 5. The van der Waals surface area contributed by atoms with E-state index in [0.717, 1.165) is 67.2 Å². The summed E-state index contributed by atoms with van der Waals surface area (Å²) in [6.45, 7) is 10.1. The number of allylic oxidation sites excluding steroid dienone is 3. The number of ketones is 1. The fourth-order valence-corrected chi connectivity index (χ4v) is 18.3. The van der Waals surface area contributed by atoms with E-state index in [1.54, 1.807) is 13.0 Å². The van der Waals surface area contributed by atoms with Gasteiger partial charge in [-0.15, -0.1) is 0 Å². The van der Waals surface area contributed by atoms with Gasteiger partial charge < -0.3 is 30.6 Å². The number of hydrogen-bond acceptors (Lipinski definition) is 8. The normalized spacial score (nSPS) is 50.0. The average Bonchev–Trinajstić information content (AvgIpc) is 3.56. The molecule has 0 aromatic heterocycles. The summed E-state index contributed by atoms with van der Waals surface area (Å²) in [5.41, 5.74) is -3.12. The van der Waals surface area contributed by atoms with Gasteiger partial charge in [0.15, 0.2) is 12.1 Å². The summed E-state index contributed by atoms with van der Waals surface area (Å²) < 4.78 is 0. The molecule has 1 aromatic carbocycles. The minimum absolute atomic E-state index is 0.0498. The highest BCUT2D eigenvalue weighted by Gasteiger charge is 2.81. The van der Waals surface area contributed by atoms with Crippen molar-refractivity contribution in [2.75, 3.05) is 13.2 Å². The first kappa shape index (κ1) is 39.7. The predicted molar refractivity (Wildman–Crippen MR) is 220 cm³/mol. The molecule has 2 bridgehead atoms. The van der Waals surface area contributed by atoms with Gasteiger partial charge in [0.2, 0.25) is 0 Å². The van der Waals surface area contributed by atoms with E-state index < -0.39 is 63.5 Å². The molecule has 8 heteroatoms. The first-order valence-electron chi connectivity index (χ1n) is 22.7. The van der Waals surface area contributed by atoms with E-state index in [-0.39, 0.29) is 52.8 Å². The molecule has 1 aromatic rings. The number of hydrogen-bond donors (Lipinski definition) is 6. The van der Waals surface area contributed by atoms with Crippen LogP contribution < -0.4 is 10.4 Å². The lowest BCUT2D eigenvalue weighted by atomic mass is 9.27. The molecule has 16 unspecified atom stereocenters. The van der Waals surface area contributed by atoms with E-state index in [2.05, 4.69) is 45.1 Å². The van der Waals surface area contributed by atoms with E-state index in [0.29, 0.717) is 43.2 Å². The van der Waals surface area contributed by atoms with Crippen molar-refractivity contribution in [2.24, 2.45) is 73.4 Å². The fraction of sp³-hybridized carbons (Fsp3) is 0.720. The maximum absolute atomic E-state index is 16.0. The van der Waals surface area contributed by atoms with Crippen molar-refractivity contribution in [1.29, 1.82) is 0 Å². The summed E-state index contributed by atoms with van der Waals surface area (Å²) in [6.07, 6.45) is 17.9. The van der Waals surface area contributed by atoms with Gasteiger partial charge in [-0.05, 0) is 168 Å². The molecule has 9 aliphatic rings. The molecule has 6 N–H and O–H groups in total. The average molecular weight is 795 g/mol. The summed E-state index contributed by atoms with van der Waals surface area (Å²) in [5, 5.41) is 72.5. The molecule has 58 heavy (non-hydrogen) atoms. The Morgan fingerprint density at radius 2 is 1.69 bits per heavy atom. The fourth-order valence-electron chi connectivity index (χ4n) is 18.3. The van der Waals surface area contributed by atoms with Crippen LogP contribution in [-0.2, 0) is 4.79 Å². The van der Waals surface area contributed by atoms with Crippen molar-refractivity contribution < 1.29 is 40.2 Å². The van der Waals surface area contributed by atoms with Crippen LogP contribution in [0.1, 0.15) is 134 Å². The quantitative estimate of drug-likeness (QED) is 0.178. The number of aldehydes is 1. The van der Waals surface area contributed by atoms with Crippen LogP contribution in [0.2, 0.25) is 0 Å². The van der Waals surface area contributed by atoms with Gasteiger partial charge in [0.25, 0.3) is 0 Å². The predicted octanol–water partition coefficient (Wildman–Crippen LogP) is 5.09. The van der Waals surface area contributed by atoms with Crippen LogP contribution in [-0.4, -0.2) is 73.7 Å². The van der Waals surface area contributed by atoms with Gasteiger partial charge >= 0.3 is 0 Å².